The van der Waals surface area contributed by atoms with Crippen molar-refractivity contribution in [3.63, 3.8) is 0 Å². The Kier molecular flexibility index (Phi) is 6.65. The molecule has 0 radical (unpaired) electrons. The highest BCUT2D eigenvalue weighted by Crippen LogP contribution is 2.20. The second-order valence-corrected chi connectivity index (χ2v) is 7.81. The summed E-state index contributed by atoms with van der Waals surface area (Å²) in [7, 11) is -1.90. The van der Waals surface area contributed by atoms with Crippen LogP contribution in [-0.2, 0) is 8.85 Å². The summed E-state index contributed by atoms with van der Waals surface area (Å²) in [5.74, 6) is 0. The second kappa shape index (κ2) is 6.59. The highest BCUT2D eigenvalue weighted by atomic mass is 28.4. The molecule has 86 valence electrons. The van der Waals surface area contributed by atoms with E-state index in [1.165, 1.54) is 12.8 Å². The van der Waals surface area contributed by atoms with Crippen LogP contribution in [0.25, 0.3) is 0 Å². The molecule has 0 aliphatic carbocycles. The van der Waals surface area contributed by atoms with Crippen LogP contribution in [0, 0.1) is 0 Å². The van der Waals surface area contributed by atoms with E-state index in [9.17, 15) is 0 Å². The molecule has 0 aromatic rings. The Morgan fingerprint density at radius 1 is 1.00 bits per heavy atom. The lowest BCUT2D eigenvalue weighted by Gasteiger charge is -2.31. The molecule has 0 amide bonds. The van der Waals surface area contributed by atoms with Gasteiger partial charge in [0.25, 0.3) is 0 Å². The van der Waals surface area contributed by atoms with Crippen molar-refractivity contribution in [2.45, 2.75) is 72.3 Å². The van der Waals surface area contributed by atoms with Crippen LogP contribution in [0.1, 0.15) is 47.5 Å². The van der Waals surface area contributed by atoms with Crippen molar-refractivity contribution >= 4 is 8.56 Å². The molecule has 0 spiro atoms. The van der Waals surface area contributed by atoms with Gasteiger partial charge in [-0.3, -0.25) is 0 Å². The van der Waals surface area contributed by atoms with Gasteiger partial charge in [-0.2, -0.15) is 0 Å². The summed E-state index contributed by atoms with van der Waals surface area (Å²) in [6.45, 7) is 12.7. The predicted octanol–water partition coefficient (Wildman–Crippen LogP) is 3.71. The molecule has 0 aromatic carbocycles. The van der Waals surface area contributed by atoms with Gasteiger partial charge < -0.3 is 8.85 Å². The van der Waals surface area contributed by atoms with E-state index in [4.69, 9.17) is 8.85 Å². The maximum absolute atomic E-state index is 5.97. The first-order valence-electron chi connectivity index (χ1n) is 5.75. The minimum Gasteiger partial charge on any atom is -0.392 e. The summed E-state index contributed by atoms with van der Waals surface area (Å²) in [5.41, 5.74) is 0. The largest absolute Gasteiger partial charge is 0.392 e. The maximum Gasteiger partial charge on any atom is 0.335 e. The molecule has 2 nitrogen and oxygen atoms in total. The summed E-state index contributed by atoms with van der Waals surface area (Å²) in [6.07, 6.45) is 2.98. The molecule has 14 heavy (non-hydrogen) atoms. The molecule has 0 N–H and O–H groups in total. The average Bonchev–Trinajstić information content (AvgIpc) is 1.97. The number of hydrogen-bond donors (Lipinski definition) is 0. The molecule has 0 heterocycles. The molecule has 0 atom stereocenters. The van der Waals surface area contributed by atoms with Gasteiger partial charge in [0.15, 0.2) is 0 Å². The van der Waals surface area contributed by atoms with Gasteiger partial charge in [0.2, 0.25) is 0 Å². The monoisotopic (exact) mass is 218 g/mol. The number of rotatable bonds is 7. The van der Waals surface area contributed by atoms with Gasteiger partial charge in [0, 0.05) is 12.2 Å². The van der Waals surface area contributed by atoms with E-state index >= 15 is 0 Å². The Hall–Kier alpha value is 0.137. The Morgan fingerprint density at radius 2 is 1.43 bits per heavy atom. The third-order valence-electron chi connectivity index (χ3n) is 1.95. The zero-order valence-electron chi connectivity index (χ0n) is 10.6. The van der Waals surface area contributed by atoms with E-state index in [0.29, 0.717) is 0 Å². The summed E-state index contributed by atoms with van der Waals surface area (Å²) in [4.78, 5) is 0. The van der Waals surface area contributed by atoms with Crippen LogP contribution in [0.15, 0.2) is 0 Å². The standard InChI is InChI=1S/C11H26O2Si/c1-7-8-9-14(6,12-10(2)3)13-11(4)5/h10-11H,7-9H2,1-6H3. The lowest BCUT2D eigenvalue weighted by molar-refractivity contribution is 0.109. The van der Waals surface area contributed by atoms with Crippen LogP contribution in [-0.4, -0.2) is 20.8 Å². The Morgan fingerprint density at radius 3 is 1.71 bits per heavy atom. The Balaban J connectivity index is 4.17. The van der Waals surface area contributed by atoms with Gasteiger partial charge in [0.1, 0.15) is 0 Å². The van der Waals surface area contributed by atoms with Crippen molar-refractivity contribution in [3.8, 4) is 0 Å². The average molecular weight is 218 g/mol. The molecule has 0 aliphatic heterocycles. The normalized spacial score (nSPS) is 12.9. The maximum atomic E-state index is 5.97. The lowest BCUT2D eigenvalue weighted by Crippen LogP contribution is -2.42. The first-order chi connectivity index (χ1) is 6.39. The van der Waals surface area contributed by atoms with Crippen molar-refractivity contribution in [3.05, 3.63) is 0 Å². The van der Waals surface area contributed by atoms with Crippen LogP contribution in [0.4, 0.5) is 0 Å². The Bertz CT molecular complexity index is 136. The first-order valence-corrected chi connectivity index (χ1v) is 8.27. The minimum absolute atomic E-state index is 0.280. The van der Waals surface area contributed by atoms with E-state index in [0.717, 1.165) is 6.04 Å². The van der Waals surface area contributed by atoms with Crippen LogP contribution in [0.2, 0.25) is 12.6 Å². The third kappa shape index (κ3) is 6.57. The van der Waals surface area contributed by atoms with Crippen LogP contribution in [0.5, 0.6) is 0 Å². The molecule has 0 rings (SSSR count). The molecular formula is C11H26O2Si. The van der Waals surface area contributed by atoms with Gasteiger partial charge in [-0.15, -0.1) is 0 Å². The van der Waals surface area contributed by atoms with Crippen molar-refractivity contribution < 1.29 is 8.85 Å². The minimum atomic E-state index is -1.90. The first kappa shape index (κ1) is 14.1. The third-order valence-corrected chi connectivity index (χ3v) is 5.16. The van der Waals surface area contributed by atoms with Crippen LogP contribution >= 0.6 is 0 Å². The lowest BCUT2D eigenvalue weighted by atomic mass is 10.4. The van der Waals surface area contributed by atoms with Crippen LogP contribution < -0.4 is 0 Å². The smallest absolute Gasteiger partial charge is 0.335 e. The van der Waals surface area contributed by atoms with E-state index in [1.54, 1.807) is 0 Å². The fraction of sp³-hybridized carbons (Fsp3) is 1.00. The molecule has 0 aliphatic rings. The quantitative estimate of drug-likeness (QED) is 0.607. The molecule has 0 unspecified atom stereocenters. The molecule has 0 fully saturated rings. The summed E-state index contributed by atoms with van der Waals surface area (Å²) < 4.78 is 11.9. The van der Waals surface area contributed by atoms with E-state index in [-0.39, 0.29) is 12.2 Å². The topological polar surface area (TPSA) is 18.5 Å². The van der Waals surface area contributed by atoms with Gasteiger partial charge in [-0.1, -0.05) is 19.8 Å². The Labute approximate surface area is 90.2 Å². The van der Waals surface area contributed by atoms with Crippen molar-refractivity contribution in [1.29, 1.82) is 0 Å². The van der Waals surface area contributed by atoms with E-state index < -0.39 is 8.56 Å². The number of hydrogen-bond acceptors (Lipinski definition) is 2. The van der Waals surface area contributed by atoms with Crippen molar-refractivity contribution in [1.82, 2.24) is 0 Å². The zero-order chi connectivity index (χ0) is 11.2. The molecule has 0 aromatic heterocycles. The SMILES string of the molecule is CCCC[Si](C)(OC(C)C)OC(C)C. The summed E-state index contributed by atoms with van der Waals surface area (Å²) in [6, 6.07) is 1.11. The molecule has 3 heteroatoms. The van der Waals surface area contributed by atoms with Gasteiger partial charge in [-0.25, -0.2) is 0 Å². The van der Waals surface area contributed by atoms with Crippen molar-refractivity contribution in [2.75, 3.05) is 0 Å². The van der Waals surface area contributed by atoms with Gasteiger partial charge in [0.05, 0.1) is 0 Å². The molecule has 0 saturated carbocycles. The zero-order valence-corrected chi connectivity index (χ0v) is 11.6. The fourth-order valence-corrected chi connectivity index (χ4v) is 4.92. The highest BCUT2D eigenvalue weighted by Gasteiger charge is 2.32. The predicted molar refractivity (Wildman–Crippen MR) is 63.8 cm³/mol. The van der Waals surface area contributed by atoms with E-state index in [2.05, 4.69) is 41.2 Å². The van der Waals surface area contributed by atoms with Crippen LogP contribution in [0.3, 0.4) is 0 Å². The van der Waals surface area contributed by atoms with E-state index in [1.807, 2.05) is 0 Å². The molecule has 0 bridgehead atoms. The fourth-order valence-electron chi connectivity index (χ4n) is 1.64. The van der Waals surface area contributed by atoms with Crippen molar-refractivity contribution in [2.24, 2.45) is 0 Å². The summed E-state index contributed by atoms with van der Waals surface area (Å²) in [5, 5.41) is 0. The van der Waals surface area contributed by atoms with Gasteiger partial charge >= 0.3 is 8.56 Å². The molecule has 0 saturated heterocycles. The number of unbranched alkanes of at least 4 members (excludes halogenated alkanes) is 1. The highest BCUT2D eigenvalue weighted by molar-refractivity contribution is 6.66. The second-order valence-electron chi connectivity index (χ2n) is 4.57. The molecular weight excluding hydrogens is 192 g/mol. The van der Waals surface area contributed by atoms with Gasteiger partial charge in [-0.05, 0) is 40.3 Å². The summed E-state index contributed by atoms with van der Waals surface area (Å²) >= 11 is 0.